The molecule has 1 atom stereocenters. The Hall–Kier alpha value is -1.81. The number of nitrogens with zero attached hydrogens (tertiary/aromatic N) is 2. The van der Waals surface area contributed by atoms with E-state index < -0.39 is 6.10 Å². The predicted octanol–water partition coefficient (Wildman–Crippen LogP) is 2.81. The van der Waals surface area contributed by atoms with Gasteiger partial charge in [0.2, 0.25) is 0 Å². The minimum absolute atomic E-state index is 0.462. The Balaban J connectivity index is 1.66. The lowest BCUT2D eigenvalue weighted by Crippen LogP contribution is -2.08. The standard InChI is InChI=1S/C17H22N2O2/c1-3-19-15(10-12(2)18-19)16(20)6-4-13-5-7-17-14(11-13)8-9-21-17/h5,7,10-11,16,20H,3-4,6,8-9H2,1-2H3. The van der Waals surface area contributed by atoms with Gasteiger partial charge in [-0.1, -0.05) is 12.1 Å². The smallest absolute Gasteiger partial charge is 0.122 e. The second-order valence-corrected chi connectivity index (χ2v) is 5.62. The highest BCUT2D eigenvalue weighted by atomic mass is 16.5. The minimum Gasteiger partial charge on any atom is -0.493 e. The summed E-state index contributed by atoms with van der Waals surface area (Å²) in [6, 6.07) is 8.33. The van der Waals surface area contributed by atoms with Crippen molar-refractivity contribution >= 4 is 0 Å². The fourth-order valence-corrected chi connectivity index (χ4v) is 2.93. The molecule has 1 N–H and O–H groups in total. The summed E-state index contributed by atoms with van der Waals surface area (Å²) < 4.78 is 7.41. The SMILES string of the molecule is CCn1nc(C)cc1C(O)CCc1ccc2c(c1)CCO2. The van der Waals surface area contributed by atoms with Crippen LogP contribution in [-0.2, 0) is 19.4 Å². The average Bonchev–Trinajstić information content (AvgIpc) is 3.09. The monoisotopic (exact) mass is 286 g/mol. The van der Waals surface area contributed by atoms with Crippen LogP contribution < -0.4 is 4.74 Å². The maximum atomic E-state index is 10.4. The van der Waals surface area contributed by atoms with E-state index in [1.165, 1.54) is 11.1 Å². The topological polar surface area (TPSA) is 47.3 Å². The van der Waals surface area contributed by atoms with Gasteiger partial charge in [0.25, 0.3) is 0 Å². The zero-order valence-corrected chi connectivity index (χ0v) is 12.7. The molecule has 21 heavy (non-hydrogen) atoms. The molecule has 2 heterocycles. The van der Waals surface area contributed by atoms with E-state index in [9.17, 15) is 5.11 Å². The Morgan fingerprint density at radius 3 is 3.05 bits per heavy atom. The van der Waals surface area contributed by atoms with Gasteiger partial charge in [-0.15, -0.1) is 0 Å². The number of aromatic nitrogens is 2. The van der Waals surface area contributed by atoms with Gasteiger partial charge in [-0.25, -0.2) is 0 Å². The molecule has 0 fully saturated rings. The number of hydrogen-bond acceptors (Lipinski definition) is 3. The minimum atomic E-state index is -0.462. The van der Waals surface area contributed by atoms with E-state index >= 15 is 0 Å². The molecule has 1 unspecified atom stereocenters. The van der Waals surface area contributed by atoms with Crippen molar-refractivity contribution in [2.24, 2.45) is 0 Å². The van der Waals surface area contributed by atoms with Gasteiger partial charge in [-0.05, 0) is 49.9 Å². The summed E-state index contributed by atoms with van der Waals surface area (Å²) in [6.07, 6.45) is 2.11. The molecule has 0 spiro atoms. The van der Waals surface area contributed by atoms with Crippen molar-refractivity contribution in [1.29, 1.82) is 0 Å². The van der Waals surface area contributed by atoms with E-state index in [0.717, 1.165) is 43.1 Å². The maximum Gasteiger partial charge on any atom is 0.122 e. The van der Waals surface area contributed by atoms with Crippen LogP contribution in [0.1, 0.15) is 42.0 Å². The Morgan fingerprint density at radius 2 is 2.24 bits per heavy atom. The summed E-state index contributed by atoms with van der Waals surface area (Å²) in [5.74, 6) is 1.01. The van der Waals surface area contributed by atoms with Crippen molar-refractivity contribution < 1.29 is 9.84 Å². The van der Waals surface area contributed by atoms with Crippen LogP contribution in [-0.4, -0.2) is 21.5 Å². The number of hydrogen-bond donors (Lipinski definition) is 1. The van der Waals surface area contributed by atoms with Crippen LogP contribution in [0.2, 0.25) is 0 Å². The summed E-state index contributed by atoms with van der Waals surface area (Å²) in [5, 5.41) is 14.8. The van der Waals surface area contributed by atoms with Crippen LogP contribution in [0.5, 0.6) is 5.75 Å². The molecule has 1 aromatic carbocycles. The maximum absolute atomic E-state index is 10.4. The van der Waals surface area contributed by atoms with Crippen molar-refractivity contribution in [1.82, 2.24) is 9.78 Å². The molecule has 1 aliphatic rings. The van der Waals surface area contributed by atoms with Crippen LogP contribution in [0.4, 0.5) is 0 Å². The van der Waals surface area contributed by atoms with Gasteiger partial charge in [0.15, 0.2) is 0 Å². The highest BCUT2D eigenvalue weighted by molar-refractivity contribution is 5.39. The van der Waals surface area contributed by atoms with Gasteiger partial charge in [0.05, 0.1) is 24.1 Å². The summed E-state index contributed by atoms with van der Waals surface area (Å²) in [6.45, 7) is 5.58. The summed E-state index contributed by atoms with van der Waals surface area (Å²) in [7, 11) is 0. The van der Waals surface area contributed by atoms with Gasteiger partial charge >= 0.3 is 0 Å². The molecule has 4 nitrogen and oxygen atoms in total. The second kappa shape index (κ2) is 5.90. The number of aryl methyl sites for hydroxylation is 3. The lowest BCUT2D eigenvalue weighted by Gasteiger charge is -2.12. The quantitative estimate of drug-likeness (QED) is 0.919. The Labute approximate surface area is 125 Å². The van der Waals surface area contributed by atoms with E-state index in [0.29, 0.717) is 6.42 Å². The second-order valence-electron chi connectivity index (χ2n) is 5.62. The van der Waals surface area contributed by atoms with Crippen molar-refractivity contribution in [2.75, 3.05) is 6.61 Å². The average molecular weight is 286 g/mol. The molecule has 3 rings (SSSR count). The molecule has 2 aromatic rings. The van der Waals surface area contributed by atoms with Crippen molar-refractivity contribution in [3.8, 4) is 5.75 Å². The molecule has 0 radical (unpaired) electrons. The van der Waals surface area contributed by atoms with Crippen LogP contribution in [0, 0.1) is 6.92 Å². The van der Waals surface area contributed by atoms with Gasteiger partial charge in [-0.2, -0.15) is 5.10 Å². The van der Waals surface area contributed by atoms with Gasteiger partial charge in [-0.3, -0.25) is 4.68 Å². The fraction of sp³-hybridized carbons (Fsp3) is 0.471. The van der Waals surface area contributed by atoms with Crippen LogP contribution in [0.25, 0.3) is 0 Å². The van der Waals surface area contributed by atoms with Crippen LogP contribution in [0.3, 0.4) is 0 Å². The largest absolute Gasteiger partial charge is 0.493 e. The third-order valence-corrected chi connectivity index (χ3v) is 4.03. The number of fused-ring (bicyclic) bond motifs is 1. The summed E-state index contributed by atoms with van der Waals surface area (Å²) in [4.78, 5) is 0. The van der Waals surface area contributed by atoms with Crippen molar-refractivity contribution in [3.05, 3.63) is 46.8 Å². The van der Waals surface area contributed by atoms with E-state index in [1.807, 2.05) is 30.7 Å². The Bertz CT molecular complexity index is 634. The van der Waals surface area contributed by atoms with Crippen LogP contribution in [0.15, 0.2) is 24.3 Å². The molecule has 0 amide bonds. The molecule has 1 aromatic heterocycles. The first-order valence-corrected chi connectivity index (χ1v) is 7.64. The first-order chi connectivity index (χ1) is 10.2. The Morgan fingerprint density at radius 1 is 1.38 bits per heavy atom. The molecule has 0 bridgehead atoms. The number of benzene rings is 1. The third-order valence-electron chi connectivity index (χ3n) is 4.03. The Kier molecular flexibility index (Phi) is 3.97. The molecule has 4 heteroatoms. The number of rotatable bonds is 5. The van der Waals surface area contributed by atoms with Gasteiger partial charge in [0.1, 0.15) is 5.75 Å². The zero-order chi connectivity index (χ0) is 14.8. The van der Waals surface area contributed by atoms with E-state index in [4.69, 9.17) is 4.74 Å². The molecule has 1 aliphatic heterocycles. The van der Waals surface area contributed by atoms with E-state index in [-0.39, 0.29) is 0 Å². The predicted molar refractivity (Wildman–Crippen MR) is 81.6 cm³/mol. The molecule has 112 valence electrons. The lowest BCUT2D eigenvalue weighted by molar-refractivity contribution is 0.157. The lowest BCUT2D eigenvalue weighted by atomic mass is 10.0. The van der Waals surface area contributed by atoms with Gasteiger partial charge in [0, 0.05) is 13.0 Å². The highest BCUT2D eigenvalue weighted by Gasteiger charge is 2.16. The molecule has 0 aliphatic carbocycles. The molecular formula is C17H22N2O2. The number of aliphatic hydroxyl groups excluding tert-OH is 1. The zero-order valence-electron chi connectivity index (χ0n) is 12.7. The molecule has 0 saturated heterocycles. The van der Waals surface area contributed by atoms with E-state index in [1.54, 1.807) is 0 Å². The van der Waals surface area contributed by atoms with Crippen LogP contribution >= 0.6 is 0 Å². The first-order valence-electron chi connectivity index (χ1n) is 7.64. The summed E-state index contributed by atoms with van der Waals surface area (Å²) in [5.41, 5.74) is 4.43. The molecular weight excluding hydrogens is 264 g/mol. The molecule has 0 saturated carbocycles. The number of ether oxygens (including phenoxy) is 1. The highest BCUT2D eigenvalue weighted by Crippen LogP contribution is 2.27. The van der Waals surface area contributed by atoms with E-state index in [2.05, 4.69) is 17.2 Å². The third kappa shape index (κ3) is 2.95. The first kappa shape index (κ1) is 14.1. The fourth-order valence-electron chi connectivity index (χ4n) is 2.93. The number of aliphatic hydroxyl groups is 1. The van der Waals surface area contributed by atoms with Crippen molar-refractivity contribution in [2.45, 2.75) is 45.8 Å². The van der Waals surface area contributed by atoms with Crippen molar-refractivity contribution in [3.63, 3.8) is 0 Å². The summed E-state index contributed by atoms with van der Waals surface area (Å²) >= 11 is 0. The van der Waals surface area contributed by atoms with Gasteiger partial charge < -0.3 is 9.84 Å². The normalized spacial score (nSPS) is 14.8.